The molecule has 3 nitrogen and oxygen atoms in total. The Hall–Kier alpha value is -0.570. The first-order chi connectivity index (χ1) is 5.97. The third-order valence-electron chi connectivity index (χ3n) is 1.86. The third kappa shape index (κ3) is 4.27. The molecule has 1 aliphatic heterocycles. The third-order valence-corrected chi connectivity index (χ3v) is 1.86. The lowest BCUT2D eigenvalue weighted by Crippen LogP contribution is -2.32. The van der Waals surface area contributed by atoms with E-state index in [9.17, 15) is 4.79 Å². The van der Waals surface area contributed by atoms with Crippen LogP contribution in [0.3, 0.4) is 0 Å². The smallest absolute Gasteiger partial charge is 0.306 e. The topological polar surface area (TPSA) is 35.5 Å². The van der Waals surface area contributed by atoms with E-state index < -0.39 is 0 Å². The Kier molecular flexibility index (Phi) is 3.31. The van der Waals surface area contributed by atoms with E-state index in [1.165, 1.54) is 0 Å². The van der Waals surface area contributed by atoms with Crippen molar-refractivity contribution < 1.29 is 14.3 Å². The normalized spacial score (nSPS) is 18.1. The minimum Gasteiger partial charge on any atom is -0.465 e. The summed E-state index contributed by atoms with van der Waals surface area (Å²) in [6, 6.07) is 0. The molecule has 1 rings (SSSR count). The molecule has 0 saturated carbocycles. The van der Waals surface area contributed by atoms with Gasteiger partial charge in [0.2, 0.25) is 0 Å². The molecule has 1 saturated heterocycles. The molecule has 0 N–H and O–H groups in total. The molecule has 3 heteroatoms. The molecule has 0 unspecified atom stereocenters. The molecular formula is C10H18O3. The zero-order chi connectivity index (χ0) is 9.90. The van der Waals surface area contributed by atoms with Crippen molar-refractivity contribution in [1.29, 1.82) is 0 Å². The van der Waals surface area contributed by atoms with Gasteiger partial charge in [0.25, 0.3) is 0 Å². The highest BCUT2D eigenvalue weighted by Crippen LogP contribution is 2.19. The Morgan fingerprint density at radius 1 is 1.46 bits per heavy atom. The molecule has 0 radical (unpaired) electrons. The van der Waals surface area contributed by atoms with Crippen molar-refractivity contribution in [1.82, 2.24) is 0 Å². The minimum atomic E-state index is -0.0978. The molecule has 1 heterocycles. The van der Waals surface area contributed by atoms with E-state index in [1.54, 1.807) is 0 Å². The van der Waals surface area contributed by atoms with E-state index >= 15 is 0 Å². The number of carbonyl (C=O) groups is 1. The first-order valence-corrected chi connectivity index (χ1v) is 4.71. The molecule has 0 aliphatic carbocycles. The highest BCUT2D eigenvalue weighted by molar-refractivity contribution is 5.70. The SMILES string of the molecule is CC(C)(C)CC(=O)OCC1COC1. The van der Waals surface area contributed by atoms with E-state index in [4.69, 9.17) is 9.47 Å². The van der Waals surface area contributed by atoms with E-state index in [0.717, 1.165) is 13.2 Å². The quantitative estimate of drug-likeness (QED) is 0.628. The van der Waals surface area contributed by atoms with E-state index in [2.05, 4.69) is 0 Å². The van der Waals surface area contributed by atoms with Crippen molar-refractivity contribution in [2.24, 2.45) is 11.3 Å². The summed E-state index contributed by atoms with van der Waals surface area (Å²) in [6.07, 6.45) is 0.487. The summed E-state index contributed by atoms with van der Waals surface area (Å²) in [6.45, 7) is 8.09. The Bertz CT molecular complexity index is 177. The molecule has 1 aliphatic rings. The summed E-state index contributed by atoms with van der Waals surface area (Å²) in [5, 5.41) is 0. The summed E-state index contributed by atoms with van der Waals surface area (Å²) in [4.78, 5) is 11.2. The van der Waals surface area contributed by atoms with Gasteiger partial charge in [0, 0.05) is 5.92 Å². The molecule has 0 bridgehead atoms. The largest absolute Gasteiger partial charge is 0.465 e. The predicted octanol–water partition coefficient (Wildman–Crippen LogP) is 1.61. The van der Waals surface area contributed by atoms with Gasteiger partial charge in [-0.3, -0.25) is 4.79 Å². The maximum absolute atomic E-state index is 11.2. The Morgan fingerprint density at radius 2 is 2.08 bits per heavy atom. The van der Waals surface area contributed by atoms with Gasteiger partial charge in [-0.15, -0.1) is 0 Å². The maximum atomic E-state index is 11.2. The van der Waals surface area contributed by atoms with Crippen molar-refractivity contribution in [3.63, 3.8) is 0 Å². The van der Waals surface area contributed by atoms with Gasteiger partial charge in [-0.25, -0.2) is 0 Å². The average Bonchev–Trinajstić information content (AvgIpc) is 1.78. The zero-order valence-electron chi connectivity index (χ0n) is 8.63. The van der Waals surface area contributed by atoms with Crippen molar-refractivity contribution in [2.45, 2.75) is 27.2 Å². The van der Waals surface area contributed by atoms with Crippen LogP contribution >= 0.6 is 0 Å². The summed E-state index contributed by atoms with van der Waals surface area (Å²) >= 11 is 0. The van der Waals surface area contributed by atoms with Crippen molar-refractivity contribution in [2.75, 3.05) is 19.8 Å². The number of rotatable bonds is 3. The van der Waals surface area contributed by atoms with Crippen molar-refractivity contribution >= 4 is 5.97 Å². The molecule has 0 atom stereocenters. The molecular weight excluding hydrogens is 168 g/mol. The van der Waals surface area contributed by atoms with E-state index in [1.807, 2.05) is 20.8 Å². The van der Waals surface area contributed by atoms with Crippen LogP contribution in [0.4, 0.5) is 0 Å². The maximum Gasteiger partial charge on any atom is 0.306 e. The van der Waals surface area contributed by atoms with Gasteiger partial charge in [-0.1, -0.05) is 20.8 Å². The Balaban J connectivity index is 2.10. The minimum absolute atomic E-state index is 0.0210. The predicted molar refractivity (Wildman–Crippen MR) is 49.3 cm³/mol. The van der Waals surface area contributed by atoms with Crippen LogP contribution in [-0.4, -0.2) is 25.8 Å². The van der Waals surface area contributed by atoms with E-state index in [0.29, 0.717) is 18.9 Å². The van der Waals surface area contributed by atoms with E-state index in [-0.39, 0.29) is 11.4 Å². The standard InChI is InChI=1S/C10H18O3/c1-10(2,3)4-9(11)13-7-8-5-12-6-8/h8H,4-7H2,1-3H3. The Morgan fingerprint density at radius 3 is 2.46 bits per heavy atom. The van der Waals surface area contributed by atoms with Gasteiger partial charge >= 0.3 is 5.97 Å². The second kappa shape index (κ2) is 4.09. The lowest BCUT2D eigenvalue weighted by Gasteiger charge is -2.26. The molecule has 0 aromatic rings. The lowest BCUT2D eigenvalue weighted by atomic mass is 9.92. The number of ether oxygens (including phenoxy) is 2. The van der Waals surface area contributed by atoms with Crippen LogP contribution in [0.1, 0.15) is 27.2 Å². The highest BCUT2D eigenvalue weighted by atomic mass is 16.5. The number of carbonyl (C=O) groups excluding carboxylic acids is 1. The van der Waals surface area contributed by atoms with Crippen molar-refractivity contribution in [3.05, 3.63) is 0 Å². The van der Waals surface area contributed by atoms with Crippen LogP contribution in [0.2, 0.25) is 0 Å². The highest BCUT2D eigenvalue weighted by Gasteiger charge is 2.22. The van der Waals surface area contributed by atoms with Gasteiger partial charge < -0.3 is 9.47 Å². The summed E-state index contributed by atoms with van der Waals surface area (Å²) < 4.78 is 10.1. The van der Waals surface area contributed by atoms with Crippen LogP contribution in [0.25, 0.3) is 0 Å². The Labute approximate surface area is 79.4 Å². The van der Waals surface area contributed by atoms with Gasteiger partial charge in [0.1, 0.15) is 0 Å². The van der Waals surface area contributed by atoms with Crippen LogP contribution < -0.4 is 0 Å². The summed E-state index contributed by atoms with van der Waals surface area (Å²) in [5.41, 5.74) is 0.0210. The number of hydrogen-bond acceptors (Lipinski definition) is 3. The van der Waals surface area contributed by atoms with Crippen molar-refractivity contribution in [3.8, 4) is 0 Å². The number of hydrogen-bond donors (Lipinski definition) is 0. The molecule has 1 fully saturated rings. The molecule has 76 valence electrons. The zero-order valence-corrected chi connectivity index (χ0v) is 8.63. The monoisotopic (exact) mass is 186 g/mol. The van der Waals surface area contributed by atoms with Crippen LogP contribution in [0.5, 0.6) is 0 Å². The molecule has 0 spiro atoms. The van der Waals surface area contributed by atoms with Gasteiger partial charge in [-0.2, -0.15) is 0 Å². The molecule has 0 aromatic carbocycles. The summed E-state index contributed by atoms with van der Waals surface area (Å²) in [7, 11) is 0. The van der Waals surface area contributed by atoms with Gasteiger partial charge in [0.05, 0.1) is 26.2 Å². The van der Waals surface area contributed by atoms with Crippen LogP contribution in [-0.2, 0) is 14.3 Å². The second-order valence-corrected chi connectivity index (χ2v) is 4.82. The van der Waals surface area contributed by atoms with Crippen LogP contribution in [0.15, 0.2) is 0 Å². The first kappa shape index (κ1) is 10.5. The van der Waals surface area contributed by atoms with Gasteiger partial charge in [-0.05, 0) is 5.41 Å². The number of esters is 1. The average molecular weight is 186 g/mol. The summed E-state index contributed by atoms with van der Waals surface area (Å²) in [5.74, 6) is 0.336. The molecule has 0 aromatic heterocycles. The fourth-order valence-electron chi connectivity index (χ4n) is 1.08. The van der Waals surface area contributed by atoms with Crippen LogP contribution in [0, 0.1) is 11.3 Å². The molecule has 0 amide bonds. The fourth-order valence-corrected chi connectivity index (χ4v) is 1.08. The lowest BCUT2D eigenvalue weighted by molar-refractivity contribution is -0.152. The fraction of sp³-hybridized carbons (Fsp3) is 0.900. The molecule has 13 heavy (non-hydrogen) atoms. The second-order valence-electron chi connectivity index (χ2n) is 4.82. The van der Waals surface area contributed by atoms with Gasteiger partial charge in [0.15, 0.2) is 0 Å². The first-order valence-electron chi connectivity index (χ1n) is 4.71.